The molecule has 14 nitrogen and oxygen atoms in total. The summed E-state index contributed by atoms with van der Waals surface area (Å²) in [6, 6.07) is 7.07. The second-order valence-corrected chi connectivity index (χ2v) is 20.2. The number of carbonyl (C=O) groups is 4. The Labute approximate surface area is 403 Å². The number of aryl methyl sites for hydroxylation is 1. The van der Waals surface area contributed by atoms with E-state index in [1.807, 2.05) is 32.9 Å². The van der Waals surface area contributed by atoms with Crippen LogP contribution in [0.15, 0.2) is 66.4 Å². The quantitative estimate of drug-likeness (QED) is 0.135. The summed E-state index contributed by atoms with van der Waals surface area (Å²) in [4.78, 5) is 58.7. The number of esters is 1. The fraction of sp³-hybridized carbons (Fsp3) is 0.667. The molecule has 1 aromatic heterocycles. The van der Waals surface area contributed by atoms with Crippen molar-refractivity contribution in [2.45, 2.75) is 173 Å². The third-order valence-corrected chi connectivity index (χ3v) is 15.2. The predicted molar refractivity (Wildman–Crippen MR) is 259 cm³/mol. The summed E-state index contributed by atoms with van der Waals surface area (Å²) in [7, 11) is 4.75. The van der Waals surface area contributed by atoms with Gasteiger partial charge in [-0.15, -0.1) is 6.58 Å². The van der Waals surface area contributed by atoms with Crippen LogP contribution in [0.1, 0.15) is 112 Å². The zero-order chi connectivity index (χ0) is 49.4. The van der Waals surface area contributed by atoms with E-state index in [2.05, 4.69) is 48.5 Å². The van der Waals surface area contributed by atoms with Crippen LogP contribution in [0.25, 0.3) is 10.9 Å². The number of Topliss-reactive ketones (excluding diaryl/α,β-unsaturated/α-hetero) is 2. The molecule has 2 bridgehead atoms. The molecule has 1 amide bonds. The van der Waals surface area contributed by atoms with E-state index in [4.69, 9.17) is 28.4 Å². The summed E-state index contributed by atoms with van der Waals surface area (Å²) in [6.07, 6.45) is 7.96. The number of hydrogen-bond donors (Lipinski definition) is 2. The van der Waals surface area contributed by atoms with Crippen LogP contribution in [-0.2, 0) is 49.4 Å². The molecule has 2 aromatic rings. The van der Waals surface area contributed by atoms with Crippen LogP contribution < -0.4 is 4.74 Å². The van der Waals surface area contributed by atoms with Gasteiger partial charge in [0.25, 0.3) is 11.7 Å². The first-order valence-electron chi connectivity index (χ1n) is 24.9. The molecule has 2 saturated heterocycles. The third-order valence-electron chi connectivity index (χ3n) is 15.2. The summed E-state index contributed by atoms with van der Waals surface area (Å²) in [5.41, 5.74) is 2.79. The number of hydrogen-bond acceptors (Lipinski definition) is 12. The molecule has 3 aliphatic heterocycles. The maximum Gasteiger partial charge on any atom is 0.329 e. The maximum atomic E-state index is 14.6. The minimum Gasteiger partial charge on any atom is -0.488 e. The number of benzene rings is 1. The number of aliphatic hydroxyl groups is 2. The van der Waals surface area contributed by atoms with E-state index in [-0.39, 0.29) is 55.6 Å². The Morgan fingerprint density at radius 2 is 1.65 bits per heavy atom. The largest absolute Gasteiger partial charge is 0.488 e. The molecule has 6 rings (SSSR count). The highest BCUT2D eigenvalue weighted by Crippen LogP contribution is 2.40. The molecule has 0 radical (unpaired) electrons. The van der Waals surface area contributed by atoms with Gasteiger partial charge < -0.3 is 48.1 Å². The Kier molecular flexibility index (Phi) is 18.5. The van der Waals surface area contributed by atoms with Crippen LogP contribution in [0.2, 0.25) is 0 Å². The van der Waals surface area contributed by atoms with Crippen molar-refractivity contribution in [1.29, 1.82) is 0 Å². The summed E-state index contributed by atoms with van der Waals surface area (Å²) in [6.45, 7) is 16.3. The number of aromatic nitrogens is 1. The van der Waals surface area contributed by atoms with Crippen LogP contribution in [0.4, 0.5) is 0 Å². The molecule has 1 aromatic carbocycles. The topological polar surface area (TPSA) is 172 Å². The SMILES string of the molecule is C=CCC1/C=C(\C)CC(C)CC(OC)C2OC(O)(C(=O)C(=O)N3CCCCC3C(=O)OC(C(C)=CC3CCC(Oc4ccc5c(ccn5CC)c4)C(OC)C3)C(C)C(O)CC1=O)C(C)CC2OC. The second-order valence-electron chi connectivity index (χ2n) is 20.2. The molecular formula is C54H78N2O12. The van der Waals surface area contributed by atoms with Crippen molar-refractivity contribution >= 4 is 34.3 Å². The smallest absolute Gasteiger partial charge is 0.329 e. The molecule has 14 atom stereocenters. The van der Waals surface area contributed by atoms with Gasteiger partial charge in [-0.25, -0.2) is 4.79 Å². The number of carbonyl (C=O) groups excluding carboxylic acids is 4. The van der Waals surface area contributed by atoms with E-state index >= 15 is 0 Å². The first kappa shape index (κ1) is 53.2. The van der Waals surface area contributed by atoms with Crippen molar-refractivity contribution in [2.75, 3.05) is 27.9 Å². The summed E-state index contributed by atoms with van der Waals surface area (Å²) >= 11 is 0. The van der Waals surface area contributed by atoms with Crippen molar-refractivity contribution in [3.05, 3.63) is 66.4 Å². The predicted octanol–water partition coefficient (Wildman–Crippen LogP) is 7.70. The minimum absolute atomic E-state index is 0.00482. The molecule has 1 saturated carbocycles. The normalized spacial score (nSPS) is 36.3. The second kappa shape index (κ2) is 23.6. The fourth-order valence-corrected chi connectivity index (χ4v) is 11.2. The van der Waals surface area contributed by atoms with Gasteiger partial charge in [0, 0.05) is 75.7 Å². The lowest BCUT2D eigenvalue weighted by Gasteiger charge is -2.47. The van der Waals surface area contributed by atoms with Gasteiger partial charge in [0.05, 0.1) is 24.4 Å². The lowest BCUT2D eigenvalue weighted by Crippen LogP contribution is -2.64. The Morgan fingerprint density at radius 3 is 2.34 bits per heavy atom. The van der Waals surface area contributed by atoms with Gasteiger partial charge in [0.15, 0.2) is 0 Å². The monoisotopic (exact) mass is 947 g/mol. The van der Waals surface area contributed by atoms with Crippen LogP contribution in [0.5, 0.6) is 5.75 Å². The van der Waals surface area contributed by atoms with Gasteiger partial charge >= 0.3 is 5.97 Å². The van der Waals surface area contributed by atoms with Gasteiger partial charge in [0.1, 0.15) is 35.9 Å². The minimum atomic E-state index is -2.52. The number of amides is 1. The van der Waals surface area contributed by atoms with Gasteiger partial charge in [0.2, 0.25) is 5.79 Å². The number of rotatable bonds is 10. The number of aliphatic hydroxyl groups excluding tert-OH is 1. The van der Waals surface area contributed by atoms with E-state index in [1.165, 1.54) is 19.1 Å². The van der Waals surface area contributed by atoms with Crippen molar-refractivity contribution < 1.29 is 57.8 Å². The first-order chi connectivity index (χ1) is 32.5. The number of allylic oxidation sites excluding steroid dienone is 4. The number of fused-ring (bicyclic) bond motifs is 4. The molecule has 3 fully saturated rings. The van der Waals surface area contributed by atoms with Gasteiger partial charge in [-0.05, 0) is 127 Å². The molecule has 14 heteroatoms. The standard InChI is InChI=1S/C54H78N2O12/c1-11-15-39-25-32(3)24-33(4)26-47(64-9)50-48(65-10)28-35(6)54(62,68-50)51(59)52(60)56-22-14-13-16-42(56)53(61)67-49(36(7)43(57)31-44(39)58)34(5)27-37-17-20-45(46(29-37)63-8)66-40-18-19-41-38(30-40)21-23-55(41)12-2/h11,18-19,21,23,25,27,30,33,35-37,39,42-43,45-50,57,62H,1,12-17,20,22,24,26,28-29,31H2,2-10H3/b32-25+,34-27?. The van der Waals surface area contributed by atoms with Gasteiger partial charge in [-0.1, -0.05) is 44.6 Å². The van der Waals surface area contributed by atoms with E-state index in [9.17, 15) is 29.4 Å². The Morgan fingerprint density at radius 1 is 0.926 bits per heavy atom. The molecule has 0 spiro atoms. The van der Waals surface area contributed by atoms with Crippen LogP contribution >= 0.6 is 0 Å². The van der Waals surface area contributed by atoms with Crippen LogP contribution in [0, 0.1) is 29.6 Å². The van der Waals surface area contributed by atoms with Crippen molar-refractivity contribution in [3.8, 4) is 5.75 Å². The lowest BCUT2D eigenvalue weighted by atomic mass is 9.81. The highest BCUT2D eigenvalue weighted by Gasteiger charge is 2.56. The molecule has 68 heavy (non-hydrogen) atoms. The number of nitrogens with zero attached hydrogens (tertiary/aromatic N) is 2. The fourth-order valence-electron chi connectivity index (χ4n) is 11.2. The highest BCUT2D eigenvalue weighted by atomic mass is 16.7. The van der Waals surface area contributed by atoms with Crippen molar-refractivity contribution in [1.82, 2.24) is 9.47 Å². The van der Waals surface area contributed by atoms with Crippen molar-refractivity contribution in [2.24, 2.45) is 29.6 Å². The summed E-state index contributed by atoms with van der Waals surface area (Å²) in [5.74, 6) is -6.97. The summed E-state index contributed by atoms with van der Waals surface area (Å²) < 4.78 is 39.3. The van der Waals surface area contributed by atoms with E-state index in [1.54, 1.807) is 27.0 Å². The molecule has 376 valence electrons. The van der Waals surface area contributed by atoms with E-state index in [0.29, 0.717) is 50.5 Å². The average molecular weight is 947 g/mol. The maximum absolute atomic E-state index is 14.6. The zero-order valence-corrected chi connectivity index (χ0v) is 41.9. The number of ketones is 2. The number of cyclic esters (lactones) is 1. The first-order valence-corrected chi connectivity index (χ1v) is 24.9. The molecule has 4 heterocycles. The Bertz CT molecular complexity index is 2150. The zero-order valence-electron chi connectivity index (χ0n) is 41.9. The molecule has 4 aliphatic rings. The average Bonchev–Trinajstić information content (AvgIpc) is 3.74. The van der Waals surface area contributed by atoms with Gasteiger partial charge in [-0.2, -0.15) is 0 Å². The van der Waals surface area contributed by atoms with Crippen molar-refractivity contribution in [3.63, 3.8) is 0 Å². The van der Waals surface area contributed by atoms with Crippen LogP contribution in [0.3, 0.4) is 0 Å². The molecule has 14 unspecified atom stereocenters. The Hall–Kier alpha value is -4.18. The number of ether oxygens (including phenoxy) is 6. The molecule has 2 N–H and O–H groups in total. The third kappa shape index (κ3) is 12.0. The molecule has 1 aliphatic carbocycles. The van der Waals surface area contributed by atoms with Crippen LogP contribution in [-0.4, -0.2) is 126 Å². The lowest BCUT2D eigenvalue weighted by molar-refractivity contribution is -0.302. The van der Waals surface area contributed by atoms with E-state index in [0.717, 1.165) is 35.2 Å². The van der Waals surface area contributed by atoms with E-state index < -0.39 is 77.8 Å². The molecular weight excluding hydrogens is 869 g/mol. The Balaban J connectivity index is 1.31. The highest BCUT2D eigenvalue weighted by molar-refractivity contribution is 6.39. The number of piperidine rings is 1. The number of methoxy groups -OCH3 is 3. The van der Waals surface area contributed by atoms with Gasteiger partial charge in [-0.3, -0.25) is 14.4 Å². The summed E-state index contributed by atoms with van der Waals surface area (Å²) in [5, 5.41) is 25.2.